The van der Waals surface area contributed by atoms with E-state index in [0.717, 1.165) is 24.1 Å². The number of halogens is 1. The Morgan fingerprint density at radius 2 is 2.05 bits per heavy atom. The second kappa shape index (κ2) is 5.30. The largest absolute Gasteiger partial charge is 0.507 e. The third-order valence-corrected chi connectivity index (χ3v) is 3.90. The topological polar surface area (TPSA) is 66.6 Å². The van der Waals surface area contributed by atoms with Crippen LogP contribution in [0.2, 0.25) is 5.02 Å². The number of nitrogens with two attached hydrogens (primary N) is 1. The highest BCUT2D eigenvalue weighted by Crippen LogP contribution is 2.32. The lowest BCUT2D eigenvalue weighted by Crippen LogP contribution is -2.35. The SMILES string of the molecule is Nc1ccc2c(c1)N(C(=O)c1ccc(Cl)cc1O)CCC2. The number of hydrogen-bond donors (Lipinski definition) is 2. The molecule has 0 saturated carbocycles. The first-order chi connectivity index (χ1) is 10.1. The molecular formula is C16H15ClN2O2. The molecule has 3 N–H and O–H groups in total. The van der Waals surface area contributed by atoms with Gasteiger partial charge in [0.05, 0.1) is 5.56 Å². The summed E-state index contributed by atoms with van der Waals surface area (Å²) in [6.07, 6.45) is 1.81. The smallest absolute Gasteiger partial charge is 0.262 e. The molecule has 0 radical (unpaired) electrons. The predicted molar refractivity (Wildman–Crippen MR) is 84.0 cm³/mol. The Balaban J connectivity index is 2.02. The minimum atomic E-state index is -0.240. The normalized spacial score (nSPS) is 13.9. The van der Waals surface area contributed by atoms with Gasteiger partial charge in [-0.2, -0.15) is 0 Å². The average Bonchev–Trinajstić information content (AvgIpc) is 2.46. The van der Waals surface area contributed by atoms with Crippen molar-refractivity contribution in [2.75, 3.05) is 17.2 Å². The average molecular weight is 303 g/mol. The Labute approximate surface area is 127 Å². The van der Waals surface area contributed by atoms with Crippen molar-refractivity contribution in [2.45, 2.75) is 12.8 Å². The number of fused-ring (bicyclic) bond motifs is 1. The zero-order valence-corrected chi connectivity index (χ0v) is 12.1. The van der Waals surface area contributed by atoms with Crippen LogP contribution in [0.5, 0.6) is 5.75 Å². The van der Waals surface area contributed by atoms with Crippen LogP contribution >= 0.6 is 11.6 Å². The summed E-state index contributed by atoms with van der Waals surface area (Å²) in [5.74, 6) is -0.348. The molecule has 3 rings (SSSR count). The summed E-state index contributed by atoms with van der Waals surface area (Å²) in [6, 6.07) is 10.1. The number of carbonyl (C=O) groups excluding carboxylic acids is 1. The molecule has 2 aromatic carbocycles. The Morgan fingerprint density at radius 1 is 1.24 bits per heavy atom. The zero-order valence-electron chi connectivity index (χ0n) is 11.3. The lowest BCUT2D eigenvalue weighted by Gasteiger charge is -2.30. The van der Waals surface area contributed by atoms with Crippen molar-refractivity contribution in [1.29, 1.82) is 0 Å². The van der Waals surface area contributed by atoms with Crippen molar-refractivity contribution in [2.24, 2.45) is 0 Å². The Bertz CT molecular complexity index is 715. The molecule has 0 bridgehead atoms. The van der Waals surface area contributed by atoms with Gasteiger partial charge in [-0.25, -0.2) is 0 Å². The van der Waals surface area contributed by atoms with Crippen LogP contribution < -0.4 is 10.6 Å². The zero-order chi connectivity index (χ0) is 15.0. The number of hydrogen-bond acceptors (Lipinski definition) is 3. The van der Waals surface area contributed by atoms with E-state index in [9.17, 15) is 9.90 Å². The highest BCUT2D eigenvalue weighted by molar-refractivity contribution is 6.31. The van der Waals surface area contributed by atoms with Crippen LogP contribution in [0.1, 0.15) is 22.3 Å². The van der Waals surface area contributed by atoms with Crippen molar-refractivity contribution in [3.8, 4) is 5.75 Å². The van der Waals surface area contributed by atoms with Crippen molar-refractivity contribution >= 4 is 28.9 Å². The van der Waals surface area contributed by atoms with Gasteiger partial charge in [-0.1, -0.05) is 17.7 Å². The summed E-state index contributed by atoms with van der Waals surface area (Å²) >= 11 is 5.81. The number of phenolic OH excluding ortho intramolecular Hbond substituents is 1. The van der Waals surface area contributed by atoms with Gasteiger partial charge in [0.15, 0.2) is 0 Å². The van der Waals surface area contributed by atoms with Gasteiger partial charge in [0.25, 0.3) is 5.91 Å². The first-order valence-electron chi connectivity index (χ1n) is 6.75. The standard InChI is InChI=1S/C16H15ClN2O2/c17-11-4-6-13(15(20)8-11)16(21)19-7-1-2-10-3-5-12(18)9-14(10)19/h3-6,8-9,20H,1-2,7,18H2. The summed E-state index contributed by atoms with van der Waals surface area (Å²) in [6.45, 7) is 0.608. The number of nitrogens with zero attached hydrogens (tertiary/aromatic N) is 1. The number of aryl methyl sites for hydroxylation is 1. The Hall–Kier alpha value is -2.20. The summed E-state index contributed by atoms with van der Waals surface area (Å²) in [4.78, 5) is 14.4. The monoisotopic (exact) mass is 302 g/mol. The quantitative estimate of drug-likeness (QED) is 0.795. The predicted octanol–water partition coefficient (Wildman–Crippen LogP) is 3.22. The summed E-state index contributed by atoms with van der Waals surface area (Å²) in [7, 11) is 0. The number of carbonyl (C=O) groups is 1. The van der Waals surface area contributed by atoms with Gasteiger partial charge in [0.2, 0.25) is 0 Å². The Kier molecular flexibility index (Phi) is 3.47. The maximum atomic E-state index is 12.7. The third kappa shape index (κ3) is 2.54. The number of rotatable bonds is 1. The lowest BCUT2D eigenvalue weighted by molar-refractivity contribution is 0.0982. The second-order valence-electron chi connectivity index (χ2n) is 5.11. The van der Waals surface area contributed by atoms with E-state index in [2.05, 4.69) is 0 Å². The fourth-order valence-corrected chi connectivity index (χ4v) is 2.80. The van der Waals surface area contributed by atoms with E-state index in [-0.39, 0.29) is 17.2 Å². The van der Waals surface area contributed by atoms with E-state index in [1.165, 1.54) is 6.07 Å². The van der Waals surface area contributed by atoms with Crippen LogP contribution in [0.4, 0.5) is 11.4 Å². The molecule has 0 aliphatic carbocycles. The van der Waals surface area contributed by atoms with Gasteiger partial charge < -0.3 is 15.7 Å². The lowest BCUT2D eigenvalue weighted by atomic mass is 10.00. The van der Waals surface area contributed by atoms with E-state index >= 15 is 0 Å². The molecule has 0 fully saturated rings. The van der Waals surface area contributed by atoms with Crippen LogP contribution in [-0.4, -0.2) is 17.6 Å². The molecule has 108 valence electrons. The molecule has 21 heavy (non-hydrogen) atoms. The molecule has 5 heteroatoms. The van der Waals surface area contributed by atoms with Crippen LogP contribution in [0, 0.1) is 0 Å². The maximum Gasteiger partial charge on any atom is 0.262 e. The van der Waals surface area contributed by atoms with Crippen molar-refractivity contribution in [3.63, 3.8) is 0 Å². The first kappa shape index (κ1) is 13.8. The van der Waals surface area contributed by atoms with Gasteiger partial charge >= 0.3 is 0 Å². The van der Waals surface area contributed by atoms with Crippen LogP contribution in [0.25, 0.3) is 0 Å². The molecule has 1 heterocycles. The van der Waals surface area contributed by atoms with Gasteiger partial charge in [0.1, 0.15) is 5.75 Å². The fraction of sp³-hybridized carbons (Fsp3) is 0.188. The molecule has 0 spiro atoms. The van der Waals surface area contributed by atoms with Crippen LogP contribution in [0.15, 0.2) is 36.4 Å². The maximum absolute atomic E-state index is 12.7. The molecule has 0 saturated heterocycles. The number of amides is 1. The fourth-order valence-electron chi connectivity index (χ4n) is 2.63. The van der Waals surface area contributed by atoms with Crippen molar-refractivity contribution in [1.82, 2.24) is 0 Å². The number of nitrogen functional groups attached to an aromatic ring is 1. The van der Waals surface area contributed by atoms with Crippen molar-refractivity contribution < 1.29 is 9.90 Å². The molecule has 0 atom stereocenters. The van der Waals surface area contributed by atoms with Gasteiger partial charge in [-0.3, -0.25) is 4.79 Å². The summed E-state index contributed by atoms with van der Waals surface area (Å²) in [5.41, 5.74) is 8.61. The van der Waals surface area contributed by atoms with Crippen molar-refractivity contribution in [3.05, 3.63) is 52.5 Å². The minimum Gasteiger partial charge on any atom is -0.507 e. The van der Waals surface area contributed by atoms with Gasteiger partial charge in [-0.15, -0.1) is 0 Å². The molecule has 0 aromatic heterocycles. The molecule has 1 amide bonds. The van der Waals surface area contributed by atoms with Gasteiger partial charge in [-0.05, 0) is 48.7 Å². The van der Waals surface area contributed by atoms with E-state index in [0.29, 0.717) is 17.3 Å². The molecular weight excluding hydrogens is 288 g/mol. The summed E-state index contributed by atoms with van der Waals surface area (Å²) in [5, 5.41) is 10.3. The van der Waals surface area contributed by atoms with E-state index in [1.54, 1.807) is 23.1 Å². The molecule has 0 unspecified atom stereocenters. The van der Waals surface area contributed by atoms with Crippen LogP contribution in [-0.2, 0) is 6.42 Å². The molecule has 1 aliphatic heterocycles. The number of anilines is 2. The van der Waals surface area contributed by atoms with E-state index in [4.69, 9.17) is 17.3 Å². The number of benzene rings is 2. The van der Waals surface area contributed by atoms with Crippen LogP contribution in [0.3, 0.4) is 0 Å². The number of aromatic hydroxyl groups is 1. The van der Waals surface area contributed by atoms with E-state index < -0.39 is 0 Å². The highest BCUT2D eigenvalue weighted by atomic mass is 35.5. The second-order valence-corrected chi connectivity index (χ2v) is 5.55. The minimum absolute atomic E-state index is 0.108. The first-order valence-corrected chi connectivity index (χ1v) is 7.13. The molecule has 4 nitrogen and oxygen atoms in total. The van der Waals surface area contributed by atoms with E-state index in [1.807, 2.05) is 12.1 Å². The molecule has 1 aliphatic rings. The number of phenols is 1. The van der Waals surface area contributed by atoms with Gasteiger partial charge in [0, 0.05) is 22.9 Å². The molecule has 2 aromatic rings. The Morgan fingerprint density at radius 3 is 2.81 bits per heavy atom. The third-order valence-electron chi connectivity index (χ3n) is 3.66. The summed E-state index contributed by atoms with van der Waals surface area (Å²) < 4.78 is 0. The highest BCUT2D eigenvalue weighted by Gasteiger charge is 2.25.